The summed E-state index contributed by atoms with van der Waals surface area (Å²) in [5.41, 5.74) is 3.68. The third kappa shape index (κ3) is 5.05. The van der Waals surface area contributed by atoms with Crippen molar-refractivity contribution in [3.63, 3.8) is 0 Å². The van der Waals surface area contributed by atoms with Crippen molar-refractivity contribution in [2.75, 3.05) is 14.1 Å². The summed E-state index contributed by atoms with van der Waals surface area (Å²) in [6, 6.07) is 15.4. The molecule has 4 aromatic rings. The Hall–Kier alpha value is -4.27. The van der Waals surface area contributed by atoms with Gasteiger partial charge in [0.05, 0.1) is 12.2 Å². The molecule has 1 N–H and O–H groups in total. The molecule has 2 aromatic heterocycles. The molecule has 9 nitrogen and oxygen atoms in total. The van der Waals surface area contributed by atoms with Crippen LogP contribution in [0.1, 0.15) is 47.2 Å². The lowest BCUT2D eigenvalue weighted by atomic mass is 9.98. The first-order valence-corrected chi connectivity index (χ1v) is 11.9. The van der Waals surface area contributed by atoms with E-state index in [0.717, 1.165) is 35.1 Å². The SMILES string of the molecule is CCCCc1nc(C)c(C(=O)N(C)C)c(=O)n1Cc1ccc(-c2ccccc2-c2noc(=O)[nH]2)cc1. The van der Waals surface area contributed by atoms with E-state index in [1.165, 1.54) is 4.90 Å². The van der Waals surface area contributed by atoms with Crippen LogP contribution in [0.15, 0.2) is 62.6 Å². The predicted molar refractivity (Wildman–Crippen MR) is 137 cm³/mol. The Bertz CT molecular complexity index is 1500. The lowest BCUT2D eigenvalue weighted by Gasteiger charge is -2.18. The molecular weight excluding hydrogens is 458 g/mol. The Labute approximate surface area is 208 Å². The van der Waals surface area contributed by atoms with Gasteiger partial charge in [0.2, 0.25) is 0 Å². The Morgan fingerprint density at radius 3 is 2.36 bits per heavy atom. The van der Waals surface area contributed by atoms with Gasteiger partial charge in [-0.3, -0.25) is 23.7 Å². The number of hydrogen-bond donors (Lipinski definition) is 1. The van der Waals surface area contributed by atoms with Crippen LogP contribution in [0.3, 0.4) is 0 Å². The van der Waals surface area contributed by atoms with Crippen LogP contribution < -0.4 is 11.3 Å². The van der Waals surface area contributed by atoms with Gasteiger partial charge in [-0.25, -0.2) is 9.78 Å². The van der Waals surface area contributed by atoms with Crippen LogP contribution in [0.25, 0.3) is 22.5 Å². The van der Waals surface area contributed by atoms with E-state index in [1.54, 1.807) is 25.6 Å². The maximum absolute atomic E-state index is 13.4. The van der Waals surface area contributed by atoms with Crippen molar-refractivity contribution in [2.24, 2.45) is 0 Å². The van der Waals surface area contributed by atoms with Gasteiger partial charge in [-0.15, -0.1) is 0 Å². The number of nitrogens with one attached hydrogen (secondary N) is 1. The normalized spacial score (nSPS) is 11.0. The van der Waals surface area contributed by atoms with Gasteiger partial charge in [-0.1, -0.05) is 67.0 Å². The number of carbonyl (C=O) groups is 1. The zero-order valence-corrected chi connectivity index (χ0v) is 20.9. The summed E-state index contributed by atoms with van der Waals surface area (Å²) in [6.45, 7) is 4.11. The monoisotopic (exact) mass is 487 g/mol. The molecule has 0 aliphatic heterocycles. The zero-order valence-electron chi connectivity index (χ0n) is 20.9. The van der Waals surface area contributed by atoms with Crippen LogP contribution >= 0.6 is 0 Å². The van der Waals surface area contributed by atoms with Gasteiger partial charge in [-0.05, 0) is 30.0 Å². The summed E-state index contributed by atoms with van der Waals surface area (Å²) in [6.07, 6.45) is 2.52. The van der Waals surface area contributed by atoms with Gasteiger partial charge in [0.1, 0.15) is 11.4 Å². The summed E-state index contributed by atoms with van der Waals surface area (Å²) in [5, 5.41) is 3.81. The first-order chi connectivity index (χ1) is 17.3. The van der Waals surface area contributed by atoms with E-state index in [0.29, 0.717) is 30.3 Å². The van der Waals surface area contributed by atoms with Crippen LogP contribution in [-0.2, 0) is 13.0 Å². The van der Waals surface area contributed by atoms with Crippen LogP contribution in [0.2, 0.25) is 0 Å². The number of hydrogen-bond acceptors (Lipinski definition) is 6. The lowest BCUT2D eigenvalue weighted by molar-refractivity contribution is 0.0823. The molecule has 0 atom stereocenters. The first-order valence-electron chi connectivity index (χ1n) is 11.9. The van der Waals surface area contributed by atoms with Crippen molar-refractivity contribution < 1.29 is 9.32 Å². The number of amides is 1. The van der Waals surface area contributed by atoms with Gasteiger partial charge in [0.15, 0.2) is 5.82 Å². The van der Waals surface area contributed by atoms with Gasteiger partial charge in [0.25, 0.3) is 11.5 Å². The van der Waals surface area contributed by atoms with Crippen molar-refractivity contribution in [1.82, 2.24) is 24.6 Å². The number of aromatic nitrogens is 4. The highest BCUT2D eigenvalue weighted by atomic mass is 16.5. The molecule has 186 valence electrons. The van der Waals surface area contributed by atoms with Crippen LogP contribution in [-0.4, -0.2) is 44.6 Å². The van der Waals surface area contributed by atoms with E-state index in [1.807, 2.05) is 48.5 Å². The molecule has 0 aliphatic carbocycles. The average molecular weight is 488 g/mol. The van der Waals surface area contributed by atoms with E-state index in [-0.39, 0.29) is 17.0 Å². The first kappa shape index (κ1) is 24.8. The predicted octanol–water partition coefficient (Wildman–Crippen LogP) is 3.65. The molecule has 0 unspecified atom stereocenters. The fourth-order valence-electron chi connectivity index (χ4n) is 4.13. The summed E-state index contributed by atoms with van der Waals surface area (Å²) in [4.78, 5) is 46.2. The minimum atomic E-state index is -0.613. The third-order valence-electron chi connectivity index (χ3n) is 6.03. The molecule has 4 rings (SSSR count). The standard InChI is InChI=1S/C27H29N5O4/c1-5-6-11-22-28-17(2)23(25(33)31(3)4)26(34)32(22)16-18-12-14-19(15-13-18)20-9-7-8-10-21(20)24-29-27(35)36-30-24/h7-10,12-15H,5-6,11,16H2,1-4H3,(H,29,30,35). The lowest BCUT2D eigenvalue weighted by Crippen LogP contribution is -2.36. The van der Waals surface area contributed by atoms with E-state index < -0.39 is 5.76 Å². The number of H-pyrrole nitrogens is 1. The molecule has 0 aliphatic rings. The highest BCUT2D eigenvalue weighted by molar-refractivity contribution is 5.94. The largest absolute Gasteiger partial charge is 0.439 e. The number of benzene rings is 2. The summed E-state index contributed by atoms with van der Waals surface area (Å²) in [7, 11) is 3.25. The summed E-state index contributed by atoms with van der Waals surface area (Å²) < 4.78 is 6.28. The molecule has 0 saturated carbocycles. The molecule has 1 amide bonds. The Morgan fingerprint density at radius 2 is 1.75 bits per heavy atom. The van der Waals surface area contributed by atoms with Crippen LogP contribution in [0, 0.1) is 6.92 Å². The smallest absolute Gasteiger partial charge is 0.345 e. The van der Waals surface area contributed by atoms with E-state index in [9.17, 15) is 14.4 Å². The van der Waals surface area contributed by atoms with Crippen molar-refractivity contribution in [3.8, 4) is 22.5 Å². The van der Waals surface area contributed by atoms with E-state index in [4.69, 9.17) is 0 Å². The maximum atomic E-state index is 13.4. The Kier molecular flexibility index (Phi) is 7.28. The fourth-order valence-corrected chi connectivity index (χ4v) is 4.13. The Balaban J connectivity index is 1.71. The third-order valence-corrected chi connectivity index (χ3v) is 6.03. The highest BCUT2D eigenvalue weighted by Crippen LogP contribution is 2.30. The summed E-state index contributed by atoms with van der Waals surface area (Å²) in [5.74, 6) is 0.0756. The van der Waals surface area contributed by atoms with Crippen LogP contribution in [0.4, 0.5) is 0 Å². The van der Waals surface area contributed by atoms with Crippen molar-refractivity contribution >= 4 is 5.91 Å². The van der Waals surface area contributed by atoms with Crippen molar-refractivity contribution in [1.29, 1.82) is 0 Å². The number of aryl methyl sites for hydroxylation is 2. The van der Waals surface area contributed by atoms with E-state index >= 15 is 0 Å². The number of carbonyl (C=O) groups excluding carboxylic acids is 1. The molecule has 2 aromatic carbocycles. The second-order valence-electron chi connectivity index (χ2n) is 8.87. The molecular formula is C27H29N5O4. The molecule has 0 saturated heterocycles. The molecule has 36 heavy (non-hydrogen) atoms. The number of unbranched alkanes of at least 4 members (excludes halogenated alkanes) is 1. The molecule has 0 radical (unpaired) electrons. The molecule has 0 bridgehead atoms. The van der Waals surface area contributed by atoms with Crippen molar-refractivity contribution in [3.05, 3.63) is 92.1 Å². The highest BCUT2D eigenvalue weighted by Gasteiger charge is 2.21. The van der Waals surface area contributed by atoms with Gasteiger partial charge in [0, 0.05) is 26.1 Å². The summed E-state index contributed by atoms with van der Waals surface area (Å²) >= 11 is 0. The fraction of sp³-hybridized carbons (Fsp3) is 0.296. The van der Waals surface area contributed by atoms with Gasteiger partial charge >= 0.3 is 5.76 Å². The van der Waals surface area contributed by atoms with Gasteiger partial charge < -0.3 is 4.90 Å². The van der Waals surface area contributed by atoms with Gasteiger partial charge in [-0.2, -0.15) is 0 Å². The topological polar surface area (TPSA) is 114 Å². The minimum Gasteiger partial charge on any atom is -0.345 e. The number of rotatable bonds is 8. The molecule has 9 heteroatoms. The minimum absolute atomic E-state index is 0.104. The zero-order chi connectivity index (χ0) is 25.8. The number of nitrogens with zero attached hydrogens (tertiary/aromatic N) is 4. The second-order valence-corrected chi connectivity index (χ2v) is 8.87. The van der Waals surface area contributed by atoms with E-state index in [2.05, 4.69) is 26.6 Å². The van der Waals surface area contributed by atoms with Crippen molar-refractivity contribution in [2.45, 2.75) is 39.7 Å². The molecule has 0 spiro atoms. The molecule has 0 fully saturated rings. The average Bonchev–Trinajstić information content (AvgIpc) is 3.31. The quantitative estimate of drug-likeness (QED) is 0.406. The van der Waals surface area contributed by atoms with Crippen LogP contribution in [0.5, 0.6) is 0 Å². The second kappa shape index (κ2) is 10.6. The number of aromatic amines is 1. The molecule has 2 heterocycles. The maximum Gasteiger partial charge on any atom is 0.439 e. The Morgan fingerprint density at radius 1 is 1.06 bits per heavy atom.